The third-order valence-corrected chi connectivity index (χ3v) is 10.7. The van der Waals surface area contributed by atoms with E-state index in [4.69, 9.17) is 0 Å². The van der Waals surface area contributed by atoms with E-state index in [-0.39, 0.29) is 22.5 Å². The average molecular weight is 578 g/mol. The van der Waals surface area contributed by atoms with Crippen molar-refractivity contribution in [2.75, 3.05) is 11.9 Å². The number of hydrogen-bond donors (Lipinski definition) is 0. The van der Waals surface area contributed by atoms with Gasteiger partial charge < -0.3 is 4.90 Å². The van der Waals surface area contributed by atoms with Crippen molar-refractivity contribution < 1.29 is 4.79 Å². The Bertz CT molecular complexity index is 1740. The topological polar surface area (TPSA) is 20.3 Å². The molecule has 2 nitrogen and oxygen atoms in total. The number of hydrogen-bond acceptors (Lipinski definition) is 2. The molecule has 0 unspecified atom stereocenters. The minimum absolute atomic E-state index is 0.0329. The molecule has 1 fully saturated rings. The summed E-state index contributed by atoms with van der Waals surface area (Å²) in [5.74, 6) is -0.182. The fraction of sp³-hybridized carbons (Fsp3) is 0.310. The molecule has 2 atom stereocenters. The van der Waals surface area contributed by atoms with Gasteiger partial charge in [0.1, 0.15) is 0 Å². The molecule has 0 aromatic heterocycles. The third kappa shape index (κ3) is 4.33. The number of allylic oxidation sites excluding steroid dienone is 2. The molecule has 0 radical (unpaired) electrons. The van der Waals surface area contributed by atoms with E-state index in [9.17, 15) is 0 Å². The first-order valence-corrected chi connectivity index (χ1v) is 16.3. The second-order valence-electron chi connectivity index (χ2n) is 14.1. The zero-order chi connectivity index (χ0) is 30.5. The molecule has 0 amide bonds. The standard InChI is InChI=1S/C42H43NO/c1-40(2,3)34-23-24-37-36(28-34)41(25-15-8-16-26-41)42(43(37)4)29-33(30-17-9-5-10-18-30)27-35(31-19-11-6-12-20-31)38(42)39(44)32-21-13-7-14-22-32/h5-7,9-14,17-24,27-29,38H,8,15-16,25-26H2,1-4H3/t38-,42-/m0/s1. The Labute approximate surface area is 263 Å². The summed E-state index contributed by atoms with van der Waals surface area (Å²) in [7, 11) is 2.26. The number of nitrogens with zero attached hydrogens (tertiary/aromatic N) is 1. The van der Waals surface area contributed by atoms with Gasteiger partial charge in [-0.3, -0.25) is 4.79 Å². The zero-order valence-corrected chi connectivity index (χ0v) is 26.5. The van der Waals surface area contributed by atoms with Crippen molar-refractivity contribution >= 4 is 22.6 Å². The Morgan fingerprint density at radius 3 is 1.95 bits per heavy atom. The molecule has 1 saturated carbocycles. The monoisotopic (exact) mass is 577 g/mol. The summed E-state index contributed by atoms with van der Waals surface area (Å²) < 4.78 is 0. The number of ketones is 1. The summed E-state index contributed by atoms with van der Waals surface area (Å²) in [5, 5.41) is 0. The first-order valence-electron chi connectivity index (χ1n) is 16.3. The smallest absolute Gasteiger partial charge is 0.173 e. The second kappa shape index (κ2) is 10.8. The maximum atomic E-state index is 15.2. The van der Waals surface area contributed by atoms with Gasteiger partial charge in [-0.1, -0.05) is 143 Å². The number of likely N-dealkylation sites (N-methyl/N-ethyl adjacent to an activating group) is 1. The minimum Gasteiger partial charge on any atom is -0.363 e. The van der Waals surface area contributed by atoms with E-state index in [0.29, 0.717) is 0 Å². The highest BCUT2D eigenvalue weighted by Crippen LogP contribution is 2.65. The molecule has 0 saturated heterocycles. The maximum Gasteiger partial charge on any atom is 0.173 e. The zero-order valence-electron chi connectivity index (χ0n) is 26.5. The van der Waals surface area contributed by atoms with Gasteiger partial charge in [0.05, 0.1) is 11.5 Å². The number of fused-ring (bicyclic) bond motifs is 3. The highest BCUT2D eigenvalue weighted by molar-refractivity contribution is 6.10. The summed E-state index contributed by atoms with van der Waals surface area (Å²) in [5.41, 5.74) is 8.70. The van der Waals surface area contributed by atoms with Gasteiger partial charge in [0.25, 0.3) is 0 Å². The Kier molecular flexibility index (Phi) is 7.00. The predicted molar refractivity (Wildman–Crippen MR) is 184 cm³/mol. The molecule has 44 heavy (non-hydrogen) atoms. The van der Waals surface area contributed by atoms with Gasteiger partial charge in [-0.15, -0.1) is 0 Å². The molecule has 1 heterocycles. The summed E-state index contributed by atoms with van der Waals surface area (Å²) in [4.78, 5) is 17.8. The lowest BCUT2D eigenvalue weighted by molar-refractivity contribution is 0.0841. The van der Waals surface area contributed by atoms with E-state index in [1.807, 2.05) is 30.3 Å². The predicted octanol–water partition coefficient (Wildman–Crippen LogP) is 10.1. The summed E-state index contributed by atoms with van der Waals surface area (Å²) in [6.45, 7) is 6.92. The first-order chi connectivity index (χ1) is 21.3. The van der Waals surface area contributed by atoms with Crippen LogP contribution in [0.5, 0.6) is 0 Å². The molecular weight excluding hydrogens is 534 g/mol. The van der Waals surface area contributed by atoms with E-state index >= 15 is 4.79 Å². The largest absolute Gasteiger partial charge is 0.363 e. The molecule has 222 valence electrons. The third-order valence-electron chi connectivity index (χ3n) is 10.7. The molecule has 2 aliphatic carbocycles. The molecule has 4 aromatic carbocycles. The summed E-state index contributed by atoms with van der Waals surface area (Å²) in [6.07, 6.45) is 10.5. The van der Waals surface area contributed by atoms with Crippen LogP contribution in [0.2, 0.25) is 0 Å². The van der Waals surface area contributed by atoms with Crippen molar-refractivity contribution in [1.82, 2.24) is 0 Å². The fourth-order valence-electron chi connectivity index (χ4n) is 8.58. The van der Waals surface area contributed by atoms with Crippen LogP contribution in [-0.4, -0.2) is 18.4 Å². The fourth-order valence-corrected chi connectivity index (χ4v) is 8.58. The maximum absolute atomic E-state index is 15.2. The van der Waals surface area contributed by atoms with Crippen LogP contribution < -0.4 is 4.90 Å². The van der Waals surface area contributed by atoms with Crippen LogP contribution in [0.15, 0.2) is 121 Å². The number of benzene rings is 4. The average Bonchev–Trinajstić information content (AvgIpc) is 3.24. The Hall–Kier alpha value is -4.17. The van der Waals surface area contributed by atoms with Gasteiger partial charge >= 0.3 is 0 Å². The van der Waals surface area contributed by atoms with Crippen molar-refractivity contribution in [3.63, 3.8) is 0 Å². The van der Waals surface area contributed by atoms with E-state index in [1.165, 1.54) is 47.2 Å². The lowest BCUT2D eigenvalue weighted by Gasteiger charge is -2.56. The second-order valence-corrected chi connectivity index (χ2v) is 14.1. The minimum atomic E-state index is -0.579. The Morgan fingerprint density at radius 1 is 0.750 bits per heavy atom. The van der Waals surface area contributed by atoms with E-state index < -0.39 is 5.54 Å². The van der Waals surface area contributed by atoms with Gasteiger partial charge in [-0.25, -0.2) is 0 Å². The molecule has 2 heteroatoms. The van der Waals surface area contributed by atoms with Gasteiger partial charge in [-0.05, 0) is 69.9 Å². The molecule has 7 rings (SSSR count). The van der Waals surface area contributed by atoms with E-state index in [2.05, 4.69) is 124 Å². The molecular formula is C42H43NO. The van der Waals surface area contributed by atoms with Crippen LogP contribution in [-0.2, 0) is 10.8 Å². The van der Waals surface area contributed by atoms with Crippen molar-refractivity contribution in [2.24, 2.45) is 5.92 Å². The Balaban J connectivity index is 1.58. The number of anilines is 1. The SMILES string of the molecule is CN1c2ccc(C(C)(C)C)cc2C2(CCCCC2)[C@@]12C=C(c1ccccc1)C=C(c1ccccc1)[C@H]2C(=O)c1ccccc1. The van der Waals surface area contributed by atoms with Crippen molar-refractivity contribution in [2.45, 2.75) is 69.2 Å². The van der Waals surface area contributed by atoms with Crippen LogP contribution in [0.25, 0.3) is 11.1 Å². The van der Waals surface area contributed by atoms with Crippen LogP contribution in [0.1, 0.15) is 85.5 Å². The van der Waals surface area contributed by atoms with E-state index in [0.717, 1.165) is 29.5 Å². The quantitative estimate of drug-likeness (QED) is 0.225. The number of carbonyl (C=O) groups excluding carboxylic acids is 1. The molecule has 4 aromatic rings. The van der Waals surface area contributed by atoms with Crippen LogP contribution in [0.3, 0.4) is 0 Å². The van der Waals surface area contributed by atoms with Crippen molar-refractivity contribution in [3.8, 4) is 0 Å². The molecule has 3 aliphatic rings. The van der Waals surface area contributed by atoms with Gasteiger partial charge in [0.15, 0.2) is 5.78 Å². The van der Waals surface area contributed by atoms with Gasteiger partial charge in [0, 0.05) is 23.7 Å². The van der Waals surface area contributed by atoms with Gasteiger partial charge in [0.2, 0.25) is 0 Å². The highest BCUT2D eigenvalue weighted by atomic mass is 16.1. The summed E-state index contributed by atoms with van der Waals surface area (Å²) >= 11 is 0. The molecule has 2 spiro atoms. The van der Waals surface area contributed by atoms with Crippen molar-refractivity contribution in [3.05, 3.63) is 149 Å². The number of Topliss-reactive ketones (excluding diaryl/α,β-unsaturated/α-hetero) is 1. The number of rotatable bonds is 4. The molecule has 0 bridgehead atoms. The highest BCUT2D eigenvalue weighted by Gasteiger charge is 2.66. The van der Waals surface area contributed by atoms with E-state index in [1.54, 1.807) is 0 Å². The van der Waals surface area contributed by atoms with Crippen LogP contribution >= 0.6 is 0 Å². The lowest BCUT2D eigenvalue weighted by atomic mass is 9.51. The number of carbonyl (C=O) groups is 1. The van der Waals surface area contributed by atoms with Gasteiger partial charge in [-0.2, -0.15) is 0 Å². The molecule has 1 aliphatic heterocycles. The van der Waals surface area contributed by atoms with Crippen LogP contribution in [0.4, 0.5) is 5.69 Å². The molecule has 0 N–H and O–H groups in total. The van der Waals surface area contributed by atoms with Crippen molar-refractivity contribution in [1.29, 1.82) is 0 Å². The summed E-state index contributed by atoms with van der Waals surface area (Å²) in [6, 6.07) is 38.6. The van der Waals surface area contributed by atoms with Crippen LogP contribution in [0, 0.1) is 5.92 Å². The first kappa shape index (κ1) is 28.6. The lowest BCUT2D eigenvalue weighted by Crippen LogP contribution is -2.63. The Morgan fingerprint density at radius 2 is 1.34 bits per heavy atom. The normalized spacial score (nSPS) is 22.5.